The maximum absolute atomic E-state index is 12.5. The van der Waals surface area contributed by atoms with Crippen LogP contribution in [0.3, 0.4) is 0 Å². The second kappa shape index (κ2) is 78.8. The van der Waals surface area contributed by atoms with Gasteiger partial charge in [-0.15, -0.1) is 0 Å². The molecule has 0 heterocycles. The van der Waals surface area contributed by atoms with E-state index in [1.807, 2.05) is 6.08 Å². The summed E-state index contributed by atoms with van der Waals surface area (Å²) in [6.45, 7) is 4.96. The minimum Gasteiger partial charge on any atom is -0.466 e. The summed E-state index contributed by atoms with van der Waals surface area (Å²) in [5.41, 5.74) is 0. The van der Waals surface area contributed by atoms with Gasteiger partial charge in [0.25, 0.3) is 0 Å². The molecule has 2 atom stereocenters. The average molecular weight is 1250 g/mol. The van der Waals surface area contributed by atoms with Crippen molar-refractivity contribution in [3.8, 4) is 0 Å². The maximum atomic E-state index is 12.5. The van der Waals surface area contributed by atoms with E-state index in [1.165, 1.54) is 405 Å². The van der Waals surface area contributed by atoms with E-state index in [0.717, 1.165) is 38.5 Å². The minimum atomic E-state index is -0.842. The van der Waals surface area contributed by atoms with E-state index in [9.17, 15) is 19.8 Å². The second-order valence-corrected chi connectivity index (χ2v) is 28.5. The van der Waals surface area contributed by atoms with Crippen LogP contribution in [0.4, 0.5) is 0 Å². The van der Waals surface area contributed by atoms with Gasteiger partial charge < -0.3 is 20.3 Å². The van der Waals surface area contributed by atoms with Crippen molar-refractivity contribution in [1.29, 1.82) is 0 Å². The number of esters is 1. The van der Waals surface area contributed by atoms with Crippen LogP contribution in [0.25, 0.3) is 0 Å². The Kier molecular flexibility index (Phi) is 77.3. The molecule has 0 aromatic heterocycles. The van der Waals surface area contributed by atoms with Crippen LogP contribution < -0.4 is 5.32 Å². The predicted molar refractivity (Wildman–Crippen MR) is 393 cm³/mol. The highest BCUT2D eigenvalue weighted by molar-refractivity contribution is 5.76. The van der Waals surface area contributed by atoms with E-state index in [-0.39, 0.29) is 18.5 Å². The Labute approximate surface area is 558 Å². The summed E-state index contributed by atoms with van der Waals surface area (Å²) in [6.07, 6.45) is 102. The molecule has 0 aliphatic rings. The summed E-state index contributed by atoms with van der Waals surface area (Å²) in [7, 11) is 0. The number of amides is 1. The van der Waals surface area contributed by atoms with Crippen molar-refractivity contribution in [2.24, 2.45) is 0 Å². The molecule has 1 amide bonds. The van der Waals surface area contributed by atoms with Crippen molar-refractivity contribution >= 4 is 11.9 Å². The van der Waals surface area contributed by atoms with Gasteiger partial charge in [-0.3, -0.25) is 9.59 Å². The topological polar surface area (TPSA) is 95.9 Å². The molecule has 6 nitrogen and oxygen atoms in total. The lowest BCUT2D eigenvalue weighted by Gasteiger charge is -2.20. The molecule has 0 saturated heterocycles. The Balaban J connectivity index is 3.33. The highest BCUT2D eigenvalue weighted by Gasteiger charge is 2.18. The number of aliphatic hydroxyl groups is 2. The highest BCUT2D eigenvalue weighted by atomic mass is 16.5. The molecule has 0 aliphatic carbocycles. The summed E-state index contributed by atoms with van der Waals surface area (Å²) in [4.78, 5) is 24.7. The molecule has 0 radical (unpaired) electrons. The summed E-state index contributed by atoms with van der Waals surface area (Å²) >= 11 is 0. The summed E-state index contributed by atoms with van der Waals surface area (Å²) in [5, 5.41) is 23.3. The first-order valence-corrected chi connectivity index (χ1v) is 41.1. The summed E-state index contributed by atoms with van der Waals surface area (Å²) in [6, 6.07) is -0.625. The van der Waals surface area contributed by atoms with Gasteiger partial charge >= 0.3 is 5.97 Å². The fraction of sp³-hybridized carbons (Fsp3) is 0.928. The van der Waals surface area contributed by atoms with E-state index in [2.05, 4.69) is 31.3 Å². The number of hydrogen-bond acceptors (Lipinski definition) is 5. The Morgan fingerprint density at radius 2 is 0.528 bits per heavy atom. The third kappa shape index (κ3) is 75.3. The zero-order chi connectivity index (χ0) is 64.2. The largest absolute Gasteiger partial charge is 0.466 e. The molecular weight excluding hydrogens is 1090 g/mol. The molecule has 0 aliphatic heterocycles. The molecule has 0 aromatic carbocycles. The monoisotopic (exact) mass is 1250 g/mol. The Bertz CT molecular complexity index is 1400. The van der Waals surface area contributed by atoms with Crippen LogP contribution in [0, 0.1) is 0 Å². The fourth-order valence-electron chi connectivity index (χ4n) is 13.2. The van der Waals surface area contributed by atoms with Crippen LogP contribution in [0.5, 0.6) is 0 Å². The van der Waals surface area contributed by atoms with Gasteiger partial charge in [-0.1, -0.05) is 423 Å². The van der Waals surface area contributed by atoms with Gasteiger partial charge in [0.05, 0.1) is 25.4 Å². The van der Waals surface area contributed by atoms with E-state index in [4.69, 9.17) is 4.74 Å². The number of aliphatic hydroxyl groups excluding tert-OH is 2. The normalized spacial score (nSPS) is 12.5. The van der Waals surface area contributed by atoms with E-state index < -0.39 is 12.1 Å². The fourth-order valence-corrected chi connectivity index (χ4v) is 13.2. The van der Waals surface area contributed by atoms with Gasteiger partial charge in [-0.2, -0.15) is 0 Å². The zero-order valence-corrected chi connectivity index (χ0v) is 60.7. The first-order valence-electron chi connectivity index (χ1n) is 41.1. The van der Waals surface area contributed by atoms with Crippen LogP contribution in [0.2, 0.25) is 0 Å². The van der Waals surface area contributed by atoms with Gasteiger partial charge in [0, 0.05) is 12.8 Å². The Morgan fingerprint density at radius 1 is 0.303 bits per heavy atom. The van der Waals surface area contributed by atoms with Gasteiger partial charge in [-0.25, -0.2) is 0 Å². The van der Waals surface area contributed by atoms with Crippen molar-refractivity contribution in [2.45, 2.75) is 482 Å². The number of rotatable bonds is 78. The number of hydrogen-bond donors (Lipinski definition) is 3. The smallest absolute Gasteiger partial charge is 0.305 e. The Hall–Kier alpha value is -1.66. The average Bonchev–Trinajstić information content (AvgIpc) is 3.60. The van der Waals surface area contributed by atoms with Crippen LogP contribution in [0.15, 0.2) is 24.3 Å². The molecule has 89 heavy (non-hydrogen) atoms. The molecule has 3 N–H and O–H groups in total. The molecule has 0 rings (SSSR count). The molecule has 0 bridgehead atoms. The highest BCUT2D eigenvalue weighted by Crippen LogP contribution is 2.20. The molecule has 0 fully saturated rings. The van der Waals surface area contributed by atoms with Gasteiger partial charge in [0.1, 0.15) is 0 Å². The first kappa shape index (κ1) is 87.3. The van der Waals surface area contributed by atoms with E-state index in [1.54, 1.807) is 6.08 Å². The lowest BCUT2D eigenvalue weighted by atomic mass is 10.0. The molecule has 6 heteroatoms. The van der Waals surface area contributed by atoms with Gasteiger partial charge in [-0.05, 0) is 57.8 Å². The maximum Gasteiger partial charge on any atom is 0.305 e. The molecular formula is C83H161NO5. The second-order valence-electron chi connectivity index (χ2n) is 28.5. The number of carbonyl (C=O) groups is 2. The van der Waals surface area contributed by atoms with Crippen LogP contribution in [-0.2, 0) is 14.3 Å². The number of unbranched alkanes of at least 4 members (excludes halogenated alkanes) is 65. The molecule has 2 unspecified atom stereocenters. The van der Waals surface area contributed by atoms with Crippen molar-refractivity contribution < 1.29 is 24.5 Å². The molecule has 0 spiro atoms. The molecule has 0 aromatic rings. The Morgan fingerprint density at radius 3 is 0.798 bits per heavy atom. The third-order valence-electron chi connectivity index (χ3n) is 19.5. The van der Waals surface area contributed by atoms with Crippen molar-refractivity contribution in [2.75, 3.05) is 13.2 Å². The zero-order valence-electron chi connectivity index (χ0n) is 60.7. The molecule has 0 saturated carbocycles. The minimum absolute atomic E-state index is 0.0217. The van der Waals surface area contributed by atoms with E-state index >= 15 is 0 Å². The number of carbonyl (C=O) groups excluding carboxylic acids is 2. The summed E-state index contributed by atoms with van der Waals surface area (Å²) < 4.78 is 5.52. The van der Waals surface area contributed by atoms with Crippen LogP contribution >= 0.6 is 0 Å². The van der Waals surface area contributed by atoms with Crippen molar-refractivity contribution in [3.05, 3.63) is 24.3 Å². The number of nitrogens with one attached hydrogen (secondary N) is 1. The van der Waals surface area contributed by atoms with Crippen molar-refractivity contribution in [3.63, 3.8) is 0 Å². The predicted octanol–water partition coefficient (Wildman–Crippen LogP) is 27.2. The van der Waals surface area contributed by atoms with Gasteiger partial charge in [0.2, 0.25) is 5.91 Å². The summed E-state index contributed by atoms with van der Waals surface area (Å²) in [5.74, 6) is -0.0367. The quantitative estimate of drug-likeness (QED) is 0.0320. The van der Waals surface area contributed by atoms with Crippen LogP contribution in [-0.4, -0.2) is 47.4 Å². The number of ether oxygens (including phenoxy) is 1. The lowest BCUT2D eigenvalue weighted by molar-refractivity contribution is -0.143. The first-order chi connectivity index (χ1) is 44.0. The van der Waals surface area contributed by atoms with Crippen molar-refractivity contribution in [1.82, 2.24) is 5.32 Å². The lowest BCUT2D eigenvalue weighted by Crippen LogP contribution is -2.45. The standard InChI is InChI=1S/C83H161NO5/c1-3-5-7-9-11-13-15-17-19-21-23-36-40-43-47-51-55-59-63-67-71-75-81(86)80(79-85)84-82(87)76-72-68-64-60-56-52-48-44-41-37-34-32-30-28-26-24-25-27-29-31-33-35-38-42-46-50-54-58-62-66-70-74-78-89-83(88)77-73-69-65-61-57-53-49-45-39-22-20-18-16-14-12-10-8-6-4-2/h18,20,71,75,80-81,85-86H,3-17,19,21-70,72-74,76-79H2,1-2H3,(H,84,87)/b20-18-,75-71+. The number of allylic oxidation sites excluding steroid dienone is 3. The van der Waals surface area contributed by atoms with E-state index in [0.29, 0.717) is 19.4 Å². The van der Waals surface area contributed by atoms with Gasteiger partial charge in [0.15, 0.2) is 0 Å². The van der Waals surface area contributed by atoms with Crippen LogP contribution in [0.1, 0.15) is 470 Å². The SMILES string of the molecule is CCCCCCCC/C=C\CCCCCCCCCCCC(=O)OCCCCCCCCCCCCCCCCCCCCCCCCCCCCCCCCCCC(=O)NC(CO)C(O)/C=C/CCCCCCCCCCCCCCCCCCCCC. The third-order valence-corrected chi connectivity index (χ3v) is 19.5. The molecule has 528 valence electrons.